The standard InChI is InChI=1S/C14H16F3N/c1-18-14(9-5-3-2-4-6-9)13-11(16)7-10(15)8-12(13)17/h5,7-8,14,18H,2-4,6H2,1H3. The quantitative estimate of drug-likeness (QED) is 0.808. The average molecular weight is 255 g/mol. The monoisotopic (exact) mass is 255 g/mol. The Bertz CT molecular complexity index is 445. The zero-order chi connectivity index (χ0) is 13.1. The smallest absolute Gasteiger partial charge is 0.134 e. The normalized spacial score (nSPS) is 17.4. The Morgan fingerprint density at radius 1 is 1.11 bits per heavy atom. The Morgan fingerprint density at radius 2 is 1.78 bits per heavy atom. The molecule has 2 rings (SSSR count). The van der Waals surface area contributed by atoms with Gasteiger partial charge in [0, 0.05) is 17.7 Å². The Balaban J connectivity index is 2.41. The molecule has 0 spiro atoms. The Hall–Kier alpha value is -1.29. The third kappa shape index (κ3) is 2.58. The minimum atomic E-state index is -0.888. The zero-order valence-electron chi connectivity index (χ0n) is 10.3. The molecule has 0 aliphatic heterocycles. The Morgan fingerprint density at radius 3 is 2.28 bits per heavy atom. The van der Waals surface area contributed by atoms with E-state index in [1.807, 2.05) is 6.08 Å². The van der Waals surface area contributed by atoms with Gasteiger partial charge in [-0.15, -0.1) is 0 Å². The Labute approximate surface area is 105 Å². The highest BCUT2D eigenvalue weighted by Gasteiger charge is 2.24. The van der Waals surface area contributed by atoms with Crippen molar-refractivity contribution < 1.29 is 13.2 Å². The first-order valence-electron chi connectivity index (χ1n) is 6.14. The van der Waals surface area contributed by atoms with E-state index in [0.717, 1.165) is 43.4 Å². The summed E-state index contributed by atoms with van der Waals surface area (Å²) in [5.74, 6) is -2.56. The van der Waals surface area contributed by atoms with E-state index in [-0.39, 0.29) is 5.56 Å². The molecule has 1 aromatic carbocycles. The van der Waals surface area contributed by atoms with Gasteiger partial charge in [0.2, 0.25) is 0 Å². The van der Waals surface area contributed by atoms with Crippen molar-refractivity contribution in [2.24, 2.45) is 0 Å². The lowest BCUT2D eigenvalue weighted by atomic mass is 9.89. The minimum absolute atomic E-state index is 0.0907. The van der Waals surface area contributed by atoms with E-state index in [4.69, 9.17) is 0 Å². The molecule has 1 N–H and O–H groups in total. The number of likely N-dealkylation sites (N-methyl/N-ethyl adjacent to an activating group) is 1. The molecular weight excluding hydrogens is 239 g/mol. The van der Waals surface area contributed by atoms with Gasteiger partial charge in [-0.05, 0) is 32.7 Å². The van der Waals surface area contributed by atoms with Gasteiger partial charge in [0.05, 0.1) is 6.04 Å². The van der Waals surface area contributed by atoms with Crippen molar-refractivity contribution in [3.8, 4) is 0 Å². The van der Waals surface area contributed by atoms with Crippen LogP contribution in [0.5, 0.6) is 0 Å². The van der Waals surface area contributed by atoms with Crippen LogP contribution < -0.4 is 5.32 Å². The largest absolute Gasteiger partial charge is 0.309 e. The molecule has 0 amide bonds. The van der Waals surface area contributed by atoms with Crippen LogP contribution >= 0.6 is 0 Å². The molecule has 1 atom stereocenters. The summed E-state index contributed by atoms with van der Waals surface area (Å²) in [6.07, 6.45) is 5.90. The van der Waals surface area contributed by atoms with Crippen molar-refractivity contribution in [2.75, 3.05) is 7.05 Å². The number of halogens is 3. The fourth-order valence-corrected chi connectivity index (χ4v) is 2.47. The van der Waals surface area contributed by atoms with Gasteiger partial charge in [0.25, 0.3) is 0 Å². The molecule has 0 fully saturated rings. The van der Waals surface area contributed by atoms with E-state index >= 15 is 0 Å². The summed E-state index contributed by atoms with van der Waals surface area (Å²) in [7, 11) is 1.66. The summed E-state index contributed by atoms with van der Waals surface area (Å²) in [6.45, 7) is 0. The second-order valence-electron chi connectivity index (χ2n) is 4.53. The number of allylic oxidation sites excluding steroid dienone is 1. The topological polar surface area (TPSA) is 12.0 Å². The van der Waals surface area contributed by atoms with Crippen molar-refractivity contribution in [1.29, 1.82) is 0 Å². The van der Waals surface area contributed by atoms with Crippen LogP contribution in [-0.4, -0.2) is 7.05 Å². The molecule has 0 bridgehead atoms. The number of hydrogen-bond acceptors (Lipinski definition) is 1. The van der Waals surface area contributed by atoms with Crippen LogP contribution in [0.15, 0.2) is 23.8 Å². The maximum absolute atomic E-state index is 13.8. The summed E-state index contributed by atoms with van der Waals surface area (Å²) in [6, 6.07) is 0.948. The molecule has 1 aliphatic carbocycles. The third-order valence-corrected chi connectivity index (χ3v) is 3.32. The number of benzene rings is 1. The van der Waals surface area contributed by atoms with E-state index in [1.165, 1.54) is 0 Å². The van der Waals surface area contributed by atoms with Crippen LogP contribution in [0.3, 0.4) is 0 Å². The average Bonchev–Trinajstić information content (AvgIpc) is 2.34. The van der Waals surface area contributed by atoms with Gasteiger partial charge < -0.3 is 5.32 Å². The zero-order valence-corrected chi connectivity index (χ0v) is 10.3. The highest BCUT2D eigenvalue weighted by molar-refractivity contribution is 5.32. The highest BCUT2D eigenvalue weighted by atomic mass is 19.1. The third-order valence-electron chi connectivity index (χ3n) is 3.32. The first kappa shape index (κ1) is 13.1. The lowest BCUT2D eigenvalue weighted by Crippen LogP contribution is -2.22. The van der Waals surface area contributed by atoms with Crippen LogP contribution in [0.4, 0.5) is 13.2 Å². The van der Waals surface area contributed by atoms with Gasteiger partial charge in [0.1, 0.15) is 17.5 Å². The van der Waals surface area contributed by atoms with Crippen LogP contribution in [0, 0.1) is 17.5 Å². The second-order valence-corrected chi connectivity index (χ2v) is 4.53. The van der Waals surface area contributed by atoms with Crippen molar-refractivity contribution in [3.05, 3.63) is 46.8 Å². The van der Waals surface area contributed by atoms with Gasteiger partial charge in [-0.3, -0.25) is 0 Å². The lowest BCUT2D eigenvalue weighted by molar-refractivity contribution is 0.487. The Kier molecular flexibility index (Phi) is 4.07. The summed E-state index contributed by atoms with van der Waals surface area (Å²) in [4.78, 5) is 0. The van der Waals surface area contributed by atoms with E-state index in [1.54, 1.807) is 7.05 Å². The summed E-state index contributed by atoms with van der Waals surface area (Å²) in [5.41, 5.74) is 0.889. The summed E-state index contributed by atoms with van der Waals surface area (Å²) >= 11 is 0. The van der Waals surface area contributed by atoms with E-state index < -0.39 is 23.5 Å². The fraction of sp³-hybridized carbons (Fsp3) is 0.429. The molecular formula is C14H16F3N. The van der Waals surface area contributed by atoms with Crippen molar-refractivity contribution in [2.45, 2.75) is 31.7 Å². The van der Waals surface area contributed by atoms with Crippen molar-refractivity contribution in [1.82, 2.24) is 5.32 Å². The van der Waals surface area contributed by atoms with Gasteiger partial charge in [-0.1, -0.05) is 11.6 Å². The molecule has 1 nitrogen and oxygen atoms in total. The summed E-state index contributed by atoms with van der Waals surface area (Å²) in [5, 5.41) is 2.92. The molecule has 1 unspecified atom stereocenters. The number of hydrogen-bond donors (Lipinski definition) is 1. The molecule has 0 radical (unpaired) electrons. The first-order valence-corrected chi connectivity index (χ1v) is 6.14. The molecule has 1 aromatic rings. The van der Waals surface area contributed by atoms with E-state index in [0.29, 0.717) is 0 Å². The predicted molar refractivity (Wildman–Crippen MR) is 64.7 cm³/mol. The fourth-order valence-electron chi connectivity index (χ4n) is 2.47. The van der Waals surface area contributed by atoms with Crippen LogP contribution in [0.2, 0.25) is 0 Å². The maximum Gasteiger partial charge on any atom is 0.134 e. The van der Waals surface area contributed by atoms with Crippen LogP contribution in [0.1, 0.15) is 37.3 Å². The number of rotatable bonds is 3. The molecule has 98 valence electrons. The molecule has 1 aliphatic rings. The van der Waals surface area contributed by atoms with Gasteiger partial charge >= 0.3 is 0 Å². The minimum Gasteiger partial charge on any atom is -0.309 e. The van der Waals surface area contributed by atoms with Gasteiger partial charge in [0.15, 0.2) is 0 Å². The maximum atomic E-state index is 13.8. The molecule has 0 saturated carbocycles. The van der Waals surface area contributed by atoms with Crippen molar-refractivity contribution >= 4 is 0 Å². The van der Waals surface area contributed by atoms with Gasteiger partial charge in [-0.2, -0.15) is 0 Å². The highest BCUT2D eigenvalue weighted by Crippen LogP contribution is 2.32. The molecule has 0 saturated heterocycles. The van der Waals surface area contributed by atoms with Crippen LogP contribution in [0.25, 0.3) is 0 Å². The molecule has 18 heavy (non-hydrogen) atoms. The first-order chi connectivity index (χ1) is 8.63. The second kappa shape index (κ2) is 5.57. The summed E-state index contributed by atoms with van der Waals surface area (Å²) < 4.78 is 40.4. The SMILES string of the molecule is CNC(C1=CCCCC1)c1c(F)cc(F)cc1F. The molecule has 0 heterocycles. The van der Waals surface area contributed by atoms with E-state index in [9.17, 15) is 13.2 Å². The molecule has 4 heteroatoms. The molecule has 0 aromatic heterocycles. The number of nitrogens with one attached hydrogen (secondary N) is 1. The lowest BCUT2D eigenvalue weighted by Gasteiger charge is -2.24. The van der Waals surface area contributed by atoms with Crippen molar-refractivity contribution in [3.63, 3.8) is 0 Å². The van der Waals surface area contributed by atoms with E-state index in [2.05, 4.69) is 5.32 Å². The predicted octanol–water partition coefficient (Wildman–Crippen LogP) is 3.86. The van der Waals surface area contributed by atoms with Gasteiger partial charge in [-0.25, -0.2) is 13.2 Å². The van der Waals surface area contributed by atoms with Crippen LogP contribution in [-0.2, 0) is 0 Å².